The molecular formula is C23H26FN5O3. The summed E-state index contributed by atoms with van der Waals surface area (Å²) in [5.41, 5.74) is 1.30. The van der Waals surface area contributed by atoms with Gasteiger partial charge in [-0.15, -0.1) is 0 Å². The summed E-state index contributed by atoms with van der Waals surface area (Å²) >= 11 is 0. The molecule has 8 nitrogen and oxygen atoms in total. The van der Waals surface area contributed by atoms with Gasteiger partial charge in [0.1, 0.15) is 30.1 Å². The monoisotopic (exact) mass is 439 g/mol. The third-order valence-electron chi connectivity index (χ3n) is 6.54. The van der Waals surface area contributed by atoms with Gasteiger partial charge >= 0.3 is 6.03 Å². The van der Waals surface area contributed by atoms with Crippen molar-refractivity contribution in [1.82, 2.24) is 20.0 Å². The fourth-order valence-corrected chi connectivity index (χ4v) is 4.92. The zero-order valence-electron chi connectivity index (χ0n) is 18.1. The van der Waals surface area contributed by atoms with Crippen molar-refractivity contribution in [2.75, 3.05) is 32.1 Å². The van der Waals surface area contributed by atoms with E-state index in [-0.39, 0.29) is 18.7 Å². The molecule has 0 bridgehead atoms. The standard InChI is InChI=1S/C23H26FN5O3/c1-26-20-19(21(30)29(23(26)31)14-15-7-3-4-10-18(15)24)28-12-6-11-27(22(28)25-20)16-8-5-9-17(13-16)32-2/h3-5,7-10,13,19-20,22,25H,6,11-12,14H2,1-2H3. The zero-order valence-corrected chi connectivity index (χ0v) is 18.1. The van der Waals surface area contributed by atoms with E-state index in [1.807, 2.05) is 24.3 Å². The van der Waals surface area contributed by atoms with Crippen LogP contribution in [0.4, 0.5) is 14.9 Å². The summed E-state index contributed by atoms with van der Waals surface area (Å²) in [6.07, 6.45) is 0.179. The van der Waals surface area contributed by atoms with Crippen LogP contribution in [0, 0.1) is 5.82 Å². The Balaban J connectivity index is 1.44. The lowest BCUT2D eigenvalue weighted by atomic mass is 10.1. The number of carbonyl (C=O) groups is 2. The molecule has 3 heterocycles. The molecular weight excluding hydrogens is 413 g/mol. The summed E-state index contributed by atoms with van der Waals surface area (Å²) in [5, 5.41) is 3.48. The van der Waals surface area contributed by atoms with E-state index in [4.69, 9.17) is 4.74 Å². The summed E-state index contributed by atoms with van der Waals surface area (Å²) < 4.78 is 19.6. The molecule has 0 radical (unpaired) electrons. The Morgan fingerprint density at radius 2 is 1.94 bits per heavy atom. The number of carbonyl (C=O) groups excluding carboxylic acids is 2. The molecule has 5 rings (SSSR count). The molecule has 32 heavy (non-hydrogen) atoms. The number of nitrogens with one attached hydrogen (secondary N) is 1. The van der Waals surface area contributed by atoms with E-state index < -0.39 is 24.1 Å². The molecule has 0 spiro atoms. The van der Waals surface area contributed by atoms with Crippen molar-refractivity contribution in [3.05, 3.63) is 59.9 Å². The van der Waals surface area contributed by atoms with E-state index in [2.05, 4.69) is 15.1 Å². The molecule has 3 fully saturated rings. The predicted octanol–water partition coefficient (Wildman–Crippen LogP) is 2.02. The van der Waals surface area contributed by atoms with Crippen LogP contribution < -0.4 is 15.0 Å². The number of nitrogens with zero attached hydrogens (tertiary/aromatic N) is 4. The first-order valence-electron chi connectivity index (χ1n) is 10.7. The Bertz CT molecular complexity index is 1050. The van der Waals surface area contributed by atoms with Gasteiger partial charge in [0.25, 0.3) is 5.91 Å². The average molecular weight is 439 g/mol. The van der Waals surface area contributed by atoms with Crippen molar-refractivity contribution in [2.24, 2.45) is 0 Å². The Labute approximate surface area is 186 Å². The number of hydrogen-bond donors (Lipinski definition) is 1. The predicted molar refractivity (Wildman–Crippen MR) is 116 cm³/mol. The van der Waals surface area contributed by atoms with Crippen LogP contribution in [0.15, 0.2) is 48.5 Å². The highest BCUT2D eigenvalue weighted by atomic mass is 19.1. The van der Waals surface area contributed by atoms with Gasteiger partial charge in [0.2, 0.25) is 0 Å². The molecule has 3 aliphatic rings. The second kappa shape index (κ2) is 8.07. The lowest BCUT2D eigenvalue weighted by Gasteiger charge is -2.44. The van der Waals surface area contributed by atoms with Crippen LogP contribution in [0.3, 0.4) is 0 Å². The number of ether oxygens (including phenoxy) is 1. The fraction of sp³-hybridized carbons (Fsp3) is 0.391. The van der Waals surface area contributed by atoms with Gasteiger partial charge in [0.15, 0.2) is 0 Å². The van der Waals surface area contributed by atoms with Crippen LogP contribution in [0.1, 0.15) is 12.0 Å². The summed E-state index contributed by atoms with van der Waals surface area (Å²) in [5.74, 6) is 0.0285. The van der Waals surface area contributed by atoms with Gasteiger partial charge < -0.3 is 14.5 Å². The quantitative estimate of drug-likeness (QED) is 0.786. The molecule has 1 N–H and O–H groups in total. The summed E-state index contributed by atoms with van der Waals surface area (Å²) in [6, 6.07) is 13.1. The number of urea groups is 1. The number of rotatable bonds is 4. The molecule has 9 heteroatoms. The molecule has 0 saturated carbocycles. The minimum Gasteiger partial charge on any atom is -0.497 e. The van der Waals surface area contributed by atoms with Gasteiger partial charge in [-0.3, -0.25) is 19.9 Å². The number of hydrogen-bond acceptors (Lipinski definition) is 6. The fourth-order valence-electron chi connectivity index (χ4n) is 4.92. The third-order valence-corrected chi connectivity index (χ3v) is 6.54. The molecule has 3 saturated heterocycles. The number of halogens is 1. The molecule has 2 aromatic rings. The smallest absolute Gasteiger partial charge is 0.328 e. The maximum Gasteiger partial charge on any atom is 0.328 e. The highest BCUT2D eigenvalue weighted by molar-refractivity contribution is 6.00. The lowest BCUT2D eigenvalue weighted by Crippen LogP contribution is -2.66. The number of imide groups is 1. The summed E-state index contributed by atoms with van der Waals surface area (Å²) in [4.78, 5) is 33.6. The third kappa shape index (κ3) is 3.28. The van der Waals surface area contributed by atoms with Crippen molar-refractivity contribution in [3.63, 3.8) is 0 Å². The van der Waals surface area contributed by atoms with Gasteiger partial charge in [0.05, 0.1) is 13.7 Å². The van der Waals surface area contributed by atoms with Gasteiger partial charge in [-0.05, 0) is 24.6 Å². The number of amides is 3. The van der Waals surface area contributed by atoms with E-state index in [0.717, 1.165) is 35.8 Å². The summed E-state index contributed by atoms with van der Waals surface area (Å²) in [7, 11) is 3.32. The van der Waals surface area contributed by atoms with Crippen LogP contribution >= 0.6 is 0 Å². The highest BCUT2D eigenvalue weighted by Gasteiger charge is 2.56. The zero-order chi connectivity index (χ0) is 22.4. The number of fused-ring (bicyclic) bond motifs is 3. The number of methoxy groups -OCH3 is 1. The number of anilines is 1. The Kier molecular flexibility index (Phi) is 5.22. The molecule has 3 aliphatic heterocycles. The first kappa shape index (κ1) is 20.7. The van der Waals surface area contributed by atoms with Gasteiger partial charge in [-0.25, -0.2) is 9.18 Å². The molecule has 168 valence electrons. The molecule has 2 aromatic carbocycles. The van der Waals surface area contributed by atoms with E-state index in [1.54, 1.807) is 37.3 Å². The normalized spacial score (nSPS) is 25.7. The first-order valence-corrected chi connectivity index (χ1v) is 10.7. The number of benzene rings is 2. The van der Waals surface area contributed by atoms with E-state index >= 15 is 0 Å². The molecule has 3 unspecified atom stereocenters. The molecule has 3 atom stereocenters. The SMILES string of the molecule is COc1cccc(N2CCCN3C4C(=O)N(Cc5ccccc5F)C(=O)N(C)C4NC23)c1. The van der Waals surface area contributed by atoms with Crippen molar-refractivity contribution < 1.29 is 18.7 Å². The van der Waals surface area contributed by atoms with Crippen molar-refractivity contribution in [3.8, 4) is 5.75 Å². The topological polar surface area (TPSA) is 68.4 Å². The second-order valence-electron chi connectivity index (χ2n) is 8.33. The van der Waals surface area contributed by atoms with Gasteiger partial charge in [-0.2, -0.15) is 0 Å². The van der Waals surface area contributed by atoms with Crippen molar-refractivity contribution >= 4 is 17.6 Å². The first-order chi connectivity index (χ1) is 15.5. The van der Waals surface area contributed by atoms with E-state index in [0.29, 0.717) is 5.56 Å². The minimum absolute atomic E-state index is 0.0873. The van der Waals surface area contributed by atoms with Crippen molar-refractivity contribution in [1.29, 1.82) is 0 Å². The number of likely N-dealkylation sites (N-methyl/N-ethyl adjacent to an activating group) is 1. The Morgan fingerprint density at radius 1 is 1.12 bits per heavy atom. The van der Waals surface area contributed by atoms with Gasteiger partial charge in [0, 0.05) is 37.5 Å². The Hall–Kier alpha value is -3.17. The molecule has 0 aliphatic carbocycles. The van der Waals surface area contributed by atoms with Crippen LogP contribution in [-0.4, -0.2) is 72.4 Å². The second-order valence-corrected chi connectivity index (χ2v) is 8.33. The largest absolute Gasteiger partial charge is 0.497 e. The van der Waals surface area contributed by atoms with E-state index in [1.165, 1.54) is 6.07 Å². The Morgan fingerprint density at radius 3 is 2.72 bits per heavy atom. The van der Waals surface area contributed by atoms with Crippen LogP contribution in [0.5, 0.6) is 5.75 Å². The maximum atomic E-state index is 14.2. The molecule has 0 aromatic heterocycles. The molecule has 3 amide bonds. The van der Waals surface area contributed by atoms with E-state index in [9.17, 15) is 14.0 Å². The highest BCUT2D eigenvalue weighted by Crippen LogP contribution is 2.34. The minimum atomic E-state index is -0.539. The maximum absolute atomic E-state index is 14.2. The summed E-state index contributed by atoms with van der Waals surface area (Å²) in [6.45, 7) is 1.45. The van der Waals surface area contributed by atoms with Crippen LogP contribution in [-0.2, 0) is 11.3 Å². The lowest BCUT2D eigenvalue weighted by molar-refractivity contribution is -0.139. The van der Waals surface area contributed by atoms with Crippen LogP contribution in [0.2, 0.25) is 0 Å². The van der Waals surface area contributed by atoms with Crippen molar-refractivity contribution in [2.45, 2.75) is 31.5 Å². The van der Waals surface area contributed by atoms with Crippen LogP contribution in [0.25, 0.3) is 0 Å². The van der Waals surface area contributed by atoms with Gasteiger partial charge in [-0.1, -0.05) is 24.3 Å². The average Bonchev–Trinajstić information content (AvgIpc) is 3.21.